The molecule has 0 spiro atoms. The first-order chi connectivity index (χ1) is 17.3. The second-order valence-electron chi connectivity index (χ2n) is 8.79. The fourth-order valence-electron chi connectivity index (χ4n) is 4.56. The first-order valence-corrected chi connectivity index (χ1v) is 11.8. The fourth-order valence-corrected chi connectivity index (χ4v) is 4.56. The summed E-state index contributed by atoms with van der Waals surface area (Å²) in [7, 11) is 3.05. The highest BCUT2D eigenvalue weighted by atomic mass is 19.4. The Morgan fingerprint density at radius 2 is 1.94 bits per heavy atom. The molecule has 0 saturated carbocycles. The molecule has 12 heteroatoms. The molecule has 2 aromatic rings. The Bertz CT molecular complexity index is 1050. The van der Waals surface area contributed by atoms with Gasteiger partial charge in [-0.05, 0) is 37.5 Å². The smallest absolute Gasteiger partial charge is 0.416 e. The Balaban J connectivity index is 1.42. The fraction of sp³-hybridized carbons (Fsp3) is 0.542. The molecule has 0 radical (unpaired) electrons. The van der Waals surface area contributed by atoms with Crippen molar-refractivity contribution in [2.24, 2.45) is 0 Å². The molecule has 2 saturated heterocycles. The zero-order valence-corrected chi connectivity index (χ0v) is 20.2. The van der Waals surface area contributed by atoms with Crippen LogP contribution in [0.25, 0.3) is 0 Å². The number of amides is 1. The number of alkyl halides is 3. The number of nitrogens with zero attached hydrogens (tertiary/aromatic N) is 3. The number of hydrogen-bond acceptors (Lipinski definition) is 8. The average molecular weight is 510 g/mol. The number of hydrogen-bond donors (Lipinski definition) is 2. The Hall–Kier alpha value is -2.96. The first-order valence-electron chi connectivity index (χ1n) is 11.8. The third kappa shape index (κ3) is 6.05. The quantitative estimate of drug-likeness (QED) is 0.587. The largest absolute Gasteiger partial charge is 0.491 e. The maximum atomic E-state index is 13.3. The minimum absolute atomic E-state index is 0.00596. The van der Waals surface area contributed by atoms with Crippen LogP contribution in [0.2, 0.25) is 0 Å². The molecule has 2 N–H and O–H groups in total. The van der Waals surface area contributed by atoms with Crippen LogP contribution in [0.4, 0.5) is 24.7 Å². The summed E-state index contributed by atoms with van der Waals surface area (Å²) in [4.78, 5) is 23.2. The third-order valence-electron chi connectivity index (χ3n) is 6.50. The second-order valence-corrected chi connectivity index (χ2v) is 8.79. The maximum absolute atomic E-state index is 13.3. The van der Waals surface area contributed by atoms with E-state index in [9.17, 15) is 18.0 Å². The van der Waals surface area contributed by atoms with Crippen LogP contribution in [0.1, 0.15) is 35.3 Å². The van der Waals surface area contributed by atoms with Crippen molar-refractivity contribution in [2.75, 3.05) is 45.8 Å². The molecule has 1 amide bonds. The summed E-state index contributed by atoms with van der Waals surface area (Å²) in [5.74, 6) is -0.136. The minimum Gasteiger partial charge on any atom is -0.491 e. The number of piperidine rings is 1. The number of halogens is 3. The van der Waals surface area contributed by atoms with Gasteiger partial charge in [-0.15, -0.1) is 0 Å². The molecule has 9 nitrogen and oxygen atoms in total. The van der Waals surface area contributed by atoms with E-state index < -0.39 is 11.7 Å². The number of ether oxygens (including phenoxy) is 3. The number of nitrogens with one attached hydrogen (secondary N) is 2. The van der Waals surface area contributed by atoms with Gasteiger partial charge in [0.05, 0.1) is 25.4 Å². The van der Waals surface area contributed by atoms with Crippen molar-refractivity contribution in [1.29, 1.82) is 0 Å². The van der Waals surface area contributed by atoms with E-state index >= 15 is 0 Å². The second kappa shape index (κ2) is 11.4. The summed E-state index contributed by atoms with van der Waals surface area (Å²) in [6.45, 7) is 2.32. The van der Waals surface area contributed by atoms with Gasteiger partial charge in [0.25, 0.3) is 5.91 Å². The summed E-state index contributed by atoms with van der Waals surface area (Å²) in [6, 6.07) is 5.17. The van der Waals surface area contributed by atoms with Crippen molar-refractivity contribution < 1.29 is 32.2 Å². The van der Waals surface area contributed by atoms with Gasteiger partial charge in [-0.2, -0.15) is 13.2 Å². The molecule has 0 bridgehead atoms. The predicted octanol–water partition coefficient (Wildman–Crippen LogP) is 3.25. The van der Waals surface area contributed by atoms with Gasteiger partial charge >= 0.3 is 6.18 Å². The highest BCUT2D eigenvalue weighted by Gasteiger charge is 2.33. The molecule has 196 valence electrons. The normalized spacial score (nSPS) is 21.3. The number of likely N-dealkylation sites (tertiary alicyclic amines) is 1. The SMILES string of the molecule is COc1c(Nc2cccc(C(F)(F)F)c2)ncnc1C(=O)N1CCC(N[C@@H]2CCOC[C@@H]2OC)CC1. The lowest BCUT2D eigenvalue weighted by Gasteiger charge is -2.38. The lowest BCUT2D eigenvalue weighted by Crippen LogP contribution is -2.54. The molecule has 4 rings (SSSR count). The van der Waals surface area contributed by atoms with E-state index in [0.29, 0.717) is 26.3 Å². The van der Waals surface area contributed by atoms with E-state index in [0.717, 1.165) is 31.4 Å². The Kier molecular flexibility index (Phi) is 8.27. The molecular formula is C24H30F3N5O4. The number of rotatable bonds is 7. The summed E-state index contributed by atoms with van der Waals surface area (Å²) in [5, 5.41) is 6.47. The molecule has 1 aromatic heterocycles. The topological polar surface area (TPSA) is 97.8 Å². The molecule has 0 aliphatic carbocycles. The van der Waals surface area contributed by atoms with Crippen molar-refractivity contribution in [3.05, 3.63) is 41.9 Å². The van der Waals surface area contributed by atoms with Crippen LogP contribution in [0.5, 0.6) is 5.75 Å². The van der Waals surface area contributed by atoms with Gasteiger partial charge in [-0.3, -0.25) is 4.79 Å². The summed E-state index contributed by atoms with van der Waals surface area (Å²) in [6.07, 6.45) is -0.880. The van der Waals surface area contributed by atoms with Gasteiger partial charge in [0.1, 0.15) is 6.33 Å². The van der Waals surface area contributed by atoms with E-state index in [1.165, 1.54) is 25.6 Å². The first kappa shape index (κ1) is 26.1. The highest BCUT2D eigenvalue weighted by Crippen LogP contribution is 2.33. The van der Waals surface area contributed by atoms with E-state index in [4.69, 9.17) is 14.2 Å². The molecule has 2 fully saturated rings. The van der Waals surface area contributed by atoms with Gasteiger partial charge < -0.3 is 29.7 Å². The monoisotopic (exact) mass is 509 g/mol. The summed E-state index contributed by atoms with van der Waals surface area (Å²) >= 11 is 0. The minimum atomic E-state index is -4.48. The van der Waals surface area contributed by atoms with Crippen LogP contribution in [0, 0.1) is 0 Å². The molecule has 2 aliphatic rings. The Morgan fingerprint density at radius 1 is 1.17 bits per heavy atom. The number of carbonyl (C=O) groups excluding carboxylic acids is 1. The summed E-state index contributed by atoms with van der Waals surface area (Å²) in [5.41, 5.74) is -0.585. The van der Waals surface area contributed by atoms with Gasteiger partial charge in [-0.1, -0.05) is 6.07 Å². The zero-order valence-electron chi connectivity index (χ0n) is 20.2. The Morgan fingerprint density at radius 3 is 2.64 bits per heavy atom. The van der Waals surface area contributed by atoms with Crippen molar-refractivity contribution in [3.8, 4) is 5.75 Å². The number of methoxy groups -OCH3 is 2. The average Bonchev–Trinajstić information content (AvgIpc) is 2.88. The number of aromatic nitrogens is 2. The molecule has 1 aromatic carbocycles. The van der Waals surface area contributed by atoms with Gasteiger partial charge in [0.2, 0.25) is 0 Å². The highest BCUT2D eigenvalue weighted by molar-refractivity contribution is 5.96. The lowest BCUT2D eigenvalue weighted by atomic mass is 9.99. The van der Waals surface area contributed by atoms with Gasteiger partial charge in [0, 0.05) is 44.6 Å². The van der Waals surface area contributed by atoms with E-state index in [1.807, 2.05) is 0 Å². The third-order valence-corrected chi connectivity index (χ3v) is 6.50. The van der Waals surface area contributed by atoms with Crippen LogP contribution in [-0.2, 0) is 15.7 Å². The van der Waals surface area contributed by atoms with Crippen molar-refractivity contribution >= 4 is 17.4 Å². The molecule has 2 atom stereocenters. The van der Waals surface area contributed by atoms with Crippen LogP contribution < -0.4 is 15.4 Å². The zero-order chi connectivity index (χ0) is 25.7. The van der Waals surface area contributed by atoms with Crippen LogP contribution in [-0.4, -0.2) is 79.5 Å². The molecule has 3 heterocycles. The van der Waals surface area contributed by atoms with Crippen LogP contribution in [0.15, 0.2) is 30.6 Å². The van der Waals surface area contributed by atoms with Crippen molar-refractivity contribution in [2.45, 2.75) is 43.6 Å². The number of anilines is 2. The number of benzene rings is 1. The van der Waals surface area contributed by atoms with E-state index in [1.54, 1.807) is 12.0 Å². The van der Waals surface area contributed by atoms with Gasteiger partial charge in [-0.25, -0.2) is 9.97 Å². The van der Waals surface area contributed by atoms with Gasteiger partial charge in [0.15, 0.2) is 17.3 Å². The molecule has 2 aliphatic heterocycles. The standard InChI is InChI=1S/C24H30F3N5O4/c1-34-19-13-36-11-8-18(19)30-16-6-9-32(10-7-16)23(33)20-21(35-2)22(29-14-28-20)31-17-5-3-4-15(12-17)24(25,26)27/h3-5,12,14,16,18-19,30H,6-11,13H2,1-2H3,(H,28,29,31)/t18-,19+/m1/s1. The Labute approximate surface area is 207 Å². The van der Waals surface area contributed by atoms with Crippen molar-refractivity contribution in [1.82, 2.24) is 20.2 Å². The molecule has 0 unspecified atom stereocenters. The van der Waals surface area contributed by atoms with Crippen LogP contribution in [0.3, 0.4) is 0 Å². The molecular weight excluding hydrogens is 479 g/mol. The van der Waals surface area contributed by atoms with E-state index in [-0.39, 0.29) is 47.0 Å². The van der Waals surface area contributed by atoms with Crippen LogP contribution >= 0.6 is 0 Å². The van der Waals surface area contributed by atoms with E-state index in [2.05, 4.69) is 20.6 Å². The molecule has 36 heavy (non-hydrogen) atoms. The maximum Gasteiger partial charge on any atom is 0.416 e. The lowest BCUT2D eigenvalue weighted by molar-refractivity contribution is -0.137. The van der Waals surface area contributed by atoms with Crippen molar-refractivity contribution in [3.63, 3.8) is 0 Å². The predicted molar refractivity (Wildman–Crippen MR) is 125 cm³/mol. The summed E-state index contributed by atoms with van der Waals surface area (Å²) < 4.78 is 55.7. The number of carbonyl (C=O) groups is 1.